The van der Waals surface area contributed by atoms with Gasteiger partial charge in [-0.3, -0.25) is 29.5 Å². The summed E-state index contributed by atoms with van der Waals surface area (Å²) in [5.41, 5.74) is 1.66. The van der Waals surface area contributed by atoms with Gasteiger partial charge in [-0.2, -0.15) is 0 Å². The smallest absolute Gasteiger partial charge is 0.271 e. The lowest BCUT2D eigenvalue weighted by Crippen LogP contribution is -2.44. The molecule has 12 nitrogen and oxygen atoms in total. The summed E-state index contributed by atoms with van der Waals surface area (Å²) in [4.78, 5) is 69.7. The summed E-state index contributed by atoms with van der Waals surface area (Å²) in [6.07, 6.45) is 6.98. The van der Waals surface area contributed by atoms with Gasteiger partial charge in [0.25, 0.3) is 11.8 Å². The van der Waals surface area contributed by atoms with Crippen molar-refractivity contribution in [2.24, 2.45) is 15.9 Å². The van der Waals surface area contributed by atoms with E-state index in [-0.39, 0.29) is 41.5 Å². The van der Waals surface area contributed by atoms with Gasteiger partial charge in [-0.15, -0.1) is 0 Å². The topological polar surface area (TPSA) is 141 Å². The second kappa shape index (κ2) is 13.6. The molecule has 0 spiro atoms. The van der Waals surface area contributed by atoms with Gasteiger partial charge in [-0.05, 0) is 69.0 Å². The first-order valence-electron chi connectivity index (χ1n) is 14.9. The number of aryl methyl sites for hydroxylation is 1. The van der Waals surface area contributed by atoms with Crippen molar-refractivity contribution in [3.8, 4) is 0 Å². The van der Waals surface area contributed by atoms with Crippen molar-refractivity contribution in [2.75, 3.05) is 40.3 Å². The first kappa shape index (κ1) is 30.6. The summed E-state index contributed by atoms with van der Waals surface area (Å²) in [7, 11) is 3.24. The fourth-order valence-electron chi connectivity index (χ4n) is 5.32. The van der Waals surface area contributed by atoms with E-state index < -0.39 is 11.8 Å². The lowest BCUT2D eigenvalue weighted by atomic mass is 10.0. The molecule has 4 amide bonds. The third-order valence-electron chi connectivity index (χ3n) is 7.72. The Morgan fingerprint density at radius 3 is 2.57 bits per heavy atom. The van der Waals surface area contributed by atoms with Gasteiger partial charge in [-0.25, -0.2) is 9.98 Å². The first-order valence-corrected chi connectivity index (χ1v) is 14.9. The molecule has 2 aromatic heterocycles. The van der Waals surface area contributed by atoms with E-state index in [1.807, 2.05) is 24.0 Å². The number of benzene rings is 1. The van der Waals surface area contributed by atoms with Crippen molar-refractivity contribution in [1.29, 1.82) is 0 Å². The number of pyridine rings is 1. The first-order chi connectivity index (χ1) is 21.2. The molecule has 2 saturated heterocycles. The van der Waals surface area contributed by atoms with Crippen LogP contribution in [-0.2, 0) is 9.59 Å². The lowest BCUT2D eigenvalue weighted by Gasteiger charge is -2.25. The Kier molecular flexibility index (Phi) is 9.47. The third-order valence-corrected chi connectivity index (χ3v) is 7.72. The Hall–Kier alpha value is -4.87. The fourth-order valence-corrected chi connectivity index (χ4v) is 5.32. The standard InChI is InChI=1S/C32H37N7O5/c1-21-16-24-17-25(10-12-27(24)44-21)35-32(36-29(41)22-9-11-26(33-18-22)31(43)37(2)3)34-19-23-8-4-5-15-39(30(23)42)20-28(40)38-13-6-7-14-38/h9-12,16-19,23H,4-8,13-15,20H2,1-3H3,(H,35,36,41)/b34-19+. The van der Waals surface area contributed by atoms with E-state index in [9.17, 15) is 19.2 Å². The Balaban J connectivity index is 1.38. The van der Waals surface area contributed by atoms with Crippen LogP contribution in [0, 0.1) is 12.8 Å². The highest BCUT2D eigenvalue weighted by atomic mass is 16.3. The average molecular weight is 600 g/mol. The van der Waals surface area contributed by atoms with Crippen LogP contribution in [0.3, 0.4) is 0 Å². The van der Waals surface area contributed by atoms with Crippen molar-refractivity contribution in [3.63, 3.8) is 0 Å². The number of carbonyl (C=O) groups is 4. The van der Waals surface area contributed by atoms with Crippen LogP contribution in [0.2, 0.25) is 0 Å². The van der Waals surface area contributed by atoms with Gasteiger partial charge >= 0.3 is 0 Å². The minimum atomic E-state index is -0.567. The van der Waals surface area contributed by atoms with Crippen LogP contribution in [0.25, 0.3) is 11.0 Å². The van der Waals surface area contributed by atoms with Crippen molar-refractivity contribution in [1.82, 2.24) is 25.0 Å². The van der Waals surface area contributed by atoms with Gasteiger partial charge in [0.15, 0.2) is 0 Å². The number of carbonyl (C=O) groups excluding carboxylic acids is 4. The minimum Gasteiger partial charge on any atom is -0.461 e. The molecule has 2 aliphatic heterocycles. The molecular weight excluding hydrogens is 562 g/mol. The number of rotatable bonds is 6. The predicted molar refractivity (Wildman–Crippen MR) is 166 cm³/mol. The maximum absolute atomic E-state index is 13.5. The molecule has 230 valence electrons. The molecule has 1 unspecified atom stereocenters. The van der Waals surface area contributed by atoms with Crippen LogP contribution < -0.4 is 5.32 Å². The van der Waals surface area contributed by atoms with Gasteiger partial charge < -0.3 is 19.1 Å². The Morgan fingerprint density at radius 1 is 1.07 bits per heavy atom. The number of amides is 4. The van der Waals surface area contributed by atoms with E-state index in [2.05, 4.69) is 20.3 Å². The molecule has 5 rings (SSSR count). The number of furan rings is 1. The molecule has 0 aliphatic carbocycles. The normalized spacial score (nSPS) is 17.8. The number of aliphatic imine (C=N–C) groups is 2. The monoisotopic (exact) mass is 599 g/mol. The van der Waals surface area contributed by atoms with Crippen molar-refractivity contribution in [3.05, 3.63) is 59.6 Å². The zero-order valence-electron chi connectivity index (χ0n) is 25.3. The lowest BCUT2D eigenvalue weighted by molar-refractivity contribution is -0.140. The Labute approximate surface area is 255 Å². The molecule has 2 fully saturated rings. The molecule has 44 heavy (non-hydrogen) atoms. The Bertz CT molecular complexity index is 1600. The highest BCUT2D eigenvalue weighted by molar-refractivity contribution is 6.09. The predicted octanol–water partition coefficient (Wildman–Crippen LogP) is 3.58. The molecule has 0 saturated carbocycles. The third kappa shape index (κ3) is 7.36. The molecule has 0 radical (unpaired) electrons. The second-order valence-electron chi connectivity index (χ2n) is 11.3. The number of hydrogen-bond donors (Lipinski definition) is 1. The maximum Gasteiger partial charge on any atom is 0.271 e. The van der Waals surface area contributed by atoms with Crippen molar-refractivity contribution >= 4 is 52.5 Å². The number of likely N-dealkylation sites (tertiary alicyclic amines) is 2. The largest absolute Gasteiger partial charge is 0.461 e. The summed E-state index contributed by atoms with van der Waals surface area (Å²) in [6.45, 7) is 3.91. The van der Waals surface area contributed by atoms with E-state index in [4.69, 9.17) is 4.42 Å². The molecule has 2 aliphatic rings. The molecule has 4 heterocycles. The van der Waals surface area contributed by atoms with E-state index in [1.165, 1.54) is 29.4 Å². The zero-order valence-corrected chi connectivity index (χ0v) is 25.3. The van der Waals surface area contributed by atoms with Gasteiger partial charge in [0.1, 0.15) is 17.0 Å². The minimum absolute atomic E-state index is 0.0141. The van der Waals surface area contributed by atoms with Gasteiger partial charge in [0.05, 0.1) is 23.7 Å². The van der Waals surface area contributed by atoms with E-state index >= 15 is 0 Å². The quantitative estimate of drug-likeness (QED) is 0.339. The maximum atomic E-state index is 13.5. The van der Waals surface area contributed by atoms with Crippen molar-refractivity contribution < 1.29 is 23.6 Å². The molecule has 0 bridgehead atoms. The molecule has 3 aromatic rings. The number of fused-ring (bicyclic) bond motifs is 1. The number of guanidine groups is 1. The van der Waals surface area contributed by atoms with Crippen LogP contribution in [0.4, 0.5) is 5.69 Å². The summed E-state index contributed by atoms with van der Waals surface area (Å²) in [6, 6.07) is 10.2. The van der Waals surface area contributed by atoms with Crippen molar-refractivity contribution in [2.45, 2.75) is 39.0 Å². The number of aromatic nitrogens is 1. The molecule has 12 heteroatoms. The number of nitrogens with zero attached hydrogens (tertiary/aromatic N) is 6. The summed E-state index contributed by atoms with van der Waals surface area (Å²) >= 11 is 0. The van der Waals surface area contributed by atoms with Crippen LogP contribution in [-0.4, -0.2) is 95.8 Å². The highest BCUT2D eigenvalue weighted by Gasteiger charge is 2.29. The Morgan fingerprint density at radius 2 is 1.84 bits per heavy atom. The second-order valence-corrected chi connectivity index (χ2v) is 11.3. The van der Waals surface area contributed by atoms with Crippen LogP contribution in [0.1, 0.15) is 58.7 Å². The zero-order chi connectivity index (χ0) is 31.2. The molecular formula is C32H37N7O5. The SMILES string of the molecule is Cc1cc2cc(N=C(/N=C/C3CCCCN(CC(=O)N4CCCC4)C3=O)NC(=O)c3ccc(C(=O)N(C)C)nc3)ccc2o1. The number of nitrogens with one attached hydrogen (secondary N) is 1. The van der Waals surface area contributed by atoms with E-state index in [0.29, 0.717) is 24.2 Å². The molecule has 1 N–H and O–H groups in total. The molecule has 1 atom stereocenters. The van der Waals surface area contributed by atoms with E-state index in [0.717, 1.165) is 49.9 Å². The molecule has 1 aromatic carbocycles. The number of hydrogen-bond acceptors (Lipinski definition) is 7. The summed E-state index contributed by atoms with van der Waals surface area (Å²) < 4.78 is 5.66. The van der Waals surface area contributed by atoms with Gasteiger partial charge in [0, 0.05) is 51.5 Å². The summed E-state index contributed by atoms with van der Waals surface area (Å²) in [5.74, 6) is -0.816. The highest BCUT2D eigenvalue weighted by Crippen LogP contribution is 2.24. The van der Waals surface area contributed by atoms with Gasteiger partial charge in [-0.1, -0.05) is 6.42 Å². The average Bonchev–Trinajstić information content (AvgIpc) is 3.65. The fraction of sp³-hybridized carbons (Fsp3) is 0.406. The summed E-state index contributed by atoms with van der Waals surface area (Å²) in [5, 5.41) is 3.57. The van der Waals surface area contributed by atoms with Crippen LogP contribution in [0.5, 0.6) is 0 Å². The van der Waals surface area contributed by atoms with E-state index in [1.54, 1.807) is 31.1 Å². The van der Waals surface area contributed by atoms with Crippen LogP contribution >= 0.6 is 0 Å². The van der Waals surface area contributed by atoms with Crippen LogP contribution in [0.15, 0.2) is 57.0 Å². The van der Waals surface area contributed by atoms with Gasteiger partial charge in [0.2, 0.25) is 17.8 Å².